The highest BCUT2D eigenvalue weighted by atomic mass is 35.5. The average Bonchev–Trinajstić information content (AvgIpc) is 3.32. The fourth-order valence-electron chi connectivity index (χ4n) is 3.50. The standard InChI is InChI=1S/C23H27ClN4O5/c1-13(2)18-11-19(24)14(3)10-21(18)32-12-17-6-7-20(33-17)23(29)25-8-9-27-16(5)22(28(30)31)15(4)26-27/h6-7,10-11,13H,8-9,12H2,1-5H3,(H,25,29). The molecule has 3 aromatic rings. The molecular formula is C23H27ClN4O5. The topological polar surface area (TPSA) is 112 Å². The van der Waals surface area contributed by atoms with E-state index in [0.717, 1.165) is 16.9 Å². The number of nitro groups is 1. The van der Waals surface area contributed by atoms with Crippen LogP contribution in [0.5, 0.6) is 5.75 Å². The van der Waals surface area contributed by atoms with Crippen LogP contribution in [-0.4, -0.2) is 27.2 Å². The molecule has 1 aromatic carbocycles. The molecule has 0 atom stereocenters. The molecule has 33 heavy (non-hydrogen) atoms. The molecule has 0 fully saturated rings. The number of hydrogen-bond acceptors (Lipinski definition) is 6. The molecule has 176 valence electrons. The van der Waals surface area contributed by atoms with Gasteiger partial charge in [-0.3, -0.25) is 19.6 Å². The Balaban J connectivity index is 1.58. The van der Waals surface area contributed by atoms with E-state index in [1.165, 1.54) is 4.68 Å². The molecule has 0 aliphatic carbocycles. The molecule has 0 aliphatic rings. The number of halogens is 1. The van der Waals surface area contributed by atoms with E-state index in [9.17, 15) is 14.9 Å². The minimum absolute atomic E-state index is 0.00601. The fraction of sp³-hybridized carbons (Fsp3) is 0.391. The molecule has 0 radical (unpaired) electrons. The predicted molar refractivity (Wildman–Crippen MR) is 124 cm³/mol. The molecule has 0 saturated carbocycles. The Hall–Kier alpha value is -3.33. The Morgan fingerprint density at radius 3 is 2.67 bits per heavy atom. The first-order valence-corrected chi connectivity index (χ1v) is 10.9. The minimum atomic E-state index is -0.450. The van der Waals surface area contributed by atoms with Crippen LogP contribution < -0.4 is 10.1 Å². The van der Waals surface area contributed by atoms with Gasteiger partial charge in [-0.2, -0.15) is 5.10 Å². The second-order valence-electron chi connectivity index (χ2n) is 8.10. The summed E-state index contributed by atoms with van der Waals surface area (Å²) in [6, 6.07) is 7.09. The molecule has 0 aliphatic heterocycles. The smallest absolute Gasteiger partial charge is 0.312 e. The zero-order valence-corrected chi connectivity index (χ0v) is 20.0. The zero-order valence-electron chi connectivity index (χ0n) is 19.3. The van der Waals surface area contributed by atoms with E-state index in [2.05, 4.69) is 24.3 Å². The molecule has 3 rings (SSSR count). The molecule has 1 amide bonds. The summed E-state index contributed by atoms with van der Waals surface area (Å²) >= 11 is 6.24. The van der Waals surface area contributed by atoms with Crippen LogP contribution in [-0.2, 0) is 13.2 Å². The first-order valence-electron chi connectivity index (χ1n) is 10.6. The van der Waals surface area contributed by atoms with Crippen molar-refractivity contribution in [2.24, 2.45) is 0 Å². The third-order valence-corrected chi connectivity index (χ3v) is 5.71. The molecular weight excluding hydrogens is 448 g/mol. The van der Waals surface area contributed by atoms with E-state index < -0.39 is 4.92 Å². The summed E-state index contributed by atoms with van der Waals surface area (Å²) in [6.45, 7) is 9.97. The number of amides is 1. The van der Waals surface area contributed by atoms with Crippen LogP contribution in [0.3, 0.4) is 0 Å². The van der Waals surface area contributed by atoms with E-state index in [1.54, 1.807) is 26.0 Å². The third kappa shape index (κ3) is 5.54. The number of aromatic nitrogens is 2. The molecule has 0 saturated heterocycles. The van der Waals surface area contributed by atoms with Crippen molar-refractivity contribution in [1.29, 1.82) is 0 Å². The first-order chi connectivity index (χ1) is 15.6. The van der Waals surface area contributed by atoms with Gasteiger partial charge in [-0.1, -0.05) is 25.4 Å². The van der Waals surface area contributed by atoms with E-state index in [-0.39, 0.29) is 36.4 Å². The quantitative estimate of drug-likeness (QED) is 0.341. The van der Waals surface area contributed by atoms with Gasteiger partial charge in [0.1, 0.15) is 29.5 Å². The first kappa shape index (κ1) is 24.3. The van der Waals surface area contributed by atoms with Crippen molar-refractivity contribution < 1.29 is 18.9 Å². The van der Waals surface area contributed by atoms with Gasteiger partial charge in [0, 0.05) is 11.6 Å². The number of carbonyl (C=O) groups is 1. The summed E-state index contributed by atoms with van der Waals surface area (Å²) in [4.78, 5) is 23.1. The van der Waals surface area contributed by atoms with Crippen LogP contribution >= 0.6 is 11.6 Å². The molecule has 10 heteroatoms. The van der Waals surface area contributed by atoms with Crippen LogP contribution in [0.25, 0.3) is 0 Å². The maximum atomic E-state index is 12.4. The van der Waals surface area contributed by atoms with Crippen molar-refractivity contribution in [2.75, 3.05) is 6.54 Å². The van der Waals surface area contributed by atoms with Crippen LogP contribution in [0.4, 0.5) is 5.69 Å². The number of aryl methyl sites for hydroxylation is 2. The lowest BCUT2D eigenvalue weighted by molar-refractivity contribution is -0.386. The summed E-state index contributed by atoms with van der Waals surface area (Å²) in [5.74, 6) is 1.25. The fourth-order valence-corrected chi connectivity index (χ4v) is 3.68. The van der Waals surface area contributed by atoms with Crippen molar-refractivity contribution in [3.63, 3.8) is 0 Å². The van der Waals surface area contributed by atoms with Crippen LogP contribution in [0, 0.1) is 30.9 Å². The average molecular weight is 475 g/mol. The molecule has 9 nitrogen and oxygen atoms in total. The SMILES string of the molecule is Cc1cc(OCc2ccc(C(=O)NCCn3nc(C)c([N+](=O)[O-])c3C)o2)c(C(C)C)cc1Cl. The van der Waals surface area contributed by atoms with Gasteiger partial charge in [-0.25, -0.2) is 0 Å². The van der Waals surface area contributed by atoms with Gasteiger partial charge < -0.3 is 14.5 Å². The number of furan rings is 1. The number of ether oxygens (including phenoxy) is 1. The van der Waals surface area contributed by atoms with Crippen molar-refractivity contribution in [3.05, 3.63) is 73.4 Å². The van der Waals surface area contributed by atoms with E-state index in [1.807, 2.05) is 19.1 Å². The lowest BCUT2D eigenvalue weighted by Gasteiger charge is -2.15. The molecule has 2 aromatic heterocycles. The van der Waals surface area contributed by atoms with Gasteiger partial charge in [0.05, 0.1) is 11.5 Å². The van der Waals surface area contributed by atoms with Crippen LogP contribution in [0.15, 0.2) is 28.7 Å². The summed E-state index contributed by atoms with van der Waals surface area (Å²) < 4.78 is 13.1. The molecule has 0 spiro atoms. The Morgan fingerprint density at radius 1 is 1.30 bits per heavy atom. The summed E-state index contributed by atoms with van der Waals surface area (Å²) in [7, 11) is 0. The number of rotatable bonds is 9. The molecule has 0 bridgehead atoms. The maximum absolute atomic E-state index is 12.4. The van der Waals surface area contributed by atoms with E-state index in [4.69, 9.17) is 20.8 Å². The second-order valence-corrected chi connectivity index (χ2v) is 8.51. The van der Waals surface area contributed by atoms with Crippen LogP contribution in [0.1, 0.15) is 58.6 Å². The normalized spacial score (nSPS) is 11.1. The summed E-state index contributed by atoms with van der Waals surface area (Å²) in [5.41, 5.74) is 2.70. The Bertz CT molecular complexity index is 1180. The largest absolute Gasteiger partial charge is 0.485 e. The lowest BCUT2D eigenvalue weighted by atomic mass is 10.0. The van der Waals surface area contributed by atoms with Gasteiger partial charge in [0.2, 0.25) is 0 Å². The molecule has 0 unspecified atom stereocenters. The van der Waals surface area contributed by atoms with E-state index in [0.29, 0.717) is 28.7 Å². The lowest BCUT2D eigenvalue weighted by Crippen LogP contribution is -2.27. The number of carbonyl (C=O) groups excluding carboxylic acids is 1. The summed E-state index contributed by atoms with van der Waals surface area (Å²) in [5, 5.41) is 18.7. The zero-order chi connectivity index (χ0) is 24.3. The Morgan fingerprint density at radius 2 is 2.03 bits per heavy atom. The van der Waals surface area contributed by atoms with Crippen LogP contribution in [0.2, 0.25) is 5.02 Å². The van der Waals surface area contributed by atoms with Crippen molar-refractivity contribution in [1.82, 2.24) is 15.1 Å². The monoisotopic (exact) mass is 474 g/mol. The van der Waals surface area contributed by atoms with Crippen molar-refractivity contribution in [3.8, 4) is 5.75 Å². The Labute approximate surface area is 196 Å². The highest BCUT2D eigenvalue weighted by molar-refractivity contribution is 6.31. The summed E-state index contributed by atoms with van der Waals surface area (Å²) in [6.07, 6.45) is 0. The number of benzene rings is 1. The predicted octanol–water partition coefficient (Wildman–Crippen LogP) is 5.10. The van der Waals surface area contributed by atoms with Gasteiger partial charge >= 0.3 is 5.69 Å². The van der Waals surface area contributed by atoms with Gasteiger partial charge in [0.25, 0.3) is 5.91 Å². The van der Waals surface area contributed by atoms with E-state index >= 15 is 0 Å². The maximum Gasteiger partial charge on any atom is 0.312 e. The molecule has 2 heterocycles. The van der Waals surface area contributed by atoms with Gasteiger partial charge in [0.15, 0.2) is 5.76 Å². The number of nitrogens with zero attached hydrogens (tertiary/aromatic N) is 3. The second kappa shape index (κ2) is 10.1. The van der Waals surface area contributed by atoms with Gasteiger partial charge in [-0.05, 0) is 62.1 Å². The minimum Gasteiger partial charge on any atom is -0.485 e. The van der Waals surface area contributed by atoms with Crippen molar-refractivity contribution >= 4 is 23.2 Å². The third-order valence-electron chi connectivity index (χ3n) is 5.30. The highest BCUT2D eigenvalue weighted by Crippen LogP contribution is 2.32. The molecule has 1 N–H and O–H groups in total. The number of hydrogen-bond donors (Lipinski definition) is 1. The highest BCUT2D eigenvalue weighted by Gasteiger charge is 2.21. The van der Waals surface area contributed by atoms with Gasteiger partial charge in [-0.15, -0.1) is 0 Å². The van der Waals surface area contributed by atoms with Crippen molar-refractivity contribution in [2.45, 2.75) is 53.7 Å². The number of nitrogens with one attached hydrogen (secondary N) is 1. The Kier molecular flexibility index (Phi) is 7.43.